The Kier molecular flexibility index (Phi) is 3.78. The topological polar surface area (TPSA) is 83.0 Å². The zero-order valence-corrected chi connectivity index (χ0v) is 9.85. The van der Waals surface area contributed by atoms with Crippen molar-refractivity contribution in [1.82, 2.24) is 15.2 Å². The predicted octanol–water partition coefficient (Wildman–Crippen LogP) is 1.63. The van der Waals surface area contributed by atoms with E-state index in [4.69, 9.17) is 0 Å². The average molecular weight is 283 g/mol. The van der Waals surface area contributed by atoms with E-state index in [1.54, 1.807) is 0 Å². The fourth-order valence-electron chi connectivity index (χ4n) is 1.40. The molecule has 0 bridgehead atoms. The highest BCUT2D eigenvalue weighted by molar-refractivity contribution is 5.82. The van der Waals surface area contributed by atoms with Crippen LogP contribution in [0.2, 0.25) is 0 Å². The monoisotopic (exact) mass is 283 g/mol. The zero-order valence-electron chi connectivity index (χ0n) is 9.85. The minimum Gasteiger partial charge on any atom is -0.260 e. The van der Waals surface area contributed by atoms with Gasteiger partial charge in [-0.05, 0) is 6.07 Å². The van der Waals surface area contributed by atoms with Crippen LogP contribution in [0.4, 0.5) is 19.0 Å². The lowest BCUT2D eigenvalue weighted by molar-refractivity contribution is -0.137. The number of alkyl halides is 3. The van der Waals surface area contributed by atoms with Crippen molar-refractivity contribution < 1.29 is 13.2 Å². The van der Waals surface area contributed by atoms with Crippen molar-refractivity contribution in [1.29, 1.82) is 0 Å². The molecule has 0 unspecified atom stereocenters. The number of benzene rings is 1. The van der Waals surface area contributed by atoms with E-state index in [1.807, 2.05) is 0 Å². The number of hydrogen-bond acceptors (Lipinski definition) is 5. The van der Waals surface area contributed by atoms with Gasteiger partial charge in [0.2, 0.25) is 0 Å². The van der Waals surface area contributed by atoms with E-state index in [1.165, 1.54) is 24.4 Å². The van der Waals surface area contributed by atoms with Crippen molar-refractivity contribution in [2.24, 2.45) is 5.10 Å². The second-order valence-electron chi connectivity index (χ2n) is 3.63. The Hall–Kier alpha value is -2.71. The smallest absolute Gasteiger partial charge is 0.260 e. The fourth-order valence-corrected chi connectivity index (χ4v) is 1.40. The zero-order chi connectivity index (χ0) is 14.6. The van der Waals surface area contributed by atoms with Crippen molar-refractivity contribution in [2.75, 3.05) is 5.43 Å². The van der Waals surface area contributed by atoms with E-state index < -0.39 is 17.4 Å². The van der Waals surface area contributed by atoms with Gasteiger partial charge in [0.05, 0.1) is 18.0 Å². The third-order valence-electron chi connectivity index (χ3n) is 2.22. The Bertz CT molecular complexity index is 680. The van der Waals surface area contributed by atoms with E-state index in [-0.39, 0.29) is 11.4 Å². The Labute approximate surface area is 110 Å². The molecule has 104 valence electrons. The number of H-pyrrole nitrogens is 1. The van der Waals surface area contributed by atoms with Gasteiger partial charge in [0, 0.05) is 5.56 Å². The minimum atomic E-state index is -4.47. The summed E-state index contributed by atoms with van der Waals surface area (Å²) < 4.78 is 38.1. The first kappa shape index (κ1) is 13.7. The summed E-state index contributed by atoms with van der Waals surface area (Å²) in [6.07, 6.45) is -2.30. The van der Waals surface area contributed by atoms with Crippen molar-refractivity contribution in [3.05, 3.63) is 52.1 Å². The summed E-state index contributed by atoms with van der Waals surface area (Å²) >= 11 is 0. The van der Waals surface area contributed by atoms with Crippen LogP contribution in [0.15, 0.2) is 40.4 Å². The molecule has 0 saturated carbocycles. The van der Waals surface area contributed by atoms with E-state index >= 15 is 0 Å². The molecular weight excluding hydrogens is 275 g/mol. The second kappa shape index (κ2) is 5.51. The number of aromatic nitrogens is 3. The quantitative estimate of drug-likeness (QED) is 0.662. The Morgan fingerprint density at radius 1 is 1.30 bits per heavy atom. The lowest BCUT2D eigenvalue weighted by atomic mass is 10.1. The van der Waals surface area contributed by atoms with Gasteiger partial charge in [0.15, 0.2) is 5.82 Å². The first-order valence-electron chi connectivity index (χ1n) is 5.34. The molecule has 6 nitrogen and oxygen atoms in total. The standard InChI is InChI=1S/C11H8F3N5O/c12-11(13,14)8-4-2-1-3-7(8)5-15-18-9-6-16-19-10(20)17-9/h1-6H,(H2,17,18,19,20)/b15-5+. The van der Waals surface area contributed by atoms with Crippen molar-refractivity contribution in [2.45, 2.75) is 6.18 Å². The normalized spacial score (nSPS) is 11.8. The molecule has 0 aliphatic rings. The number of nitrogens with zero attached hydrogens (tertiary/aromatic N) is 3. The number of hydrazone groups is 1. The van der Waals surface area contributed by atoms with E-state index in [0.717, 1.165) is 12.3 Å². The molecule has 20 heavy (non-hydrogen) atoms. The first-order chi connectivity index (χ1) is 9.47. The number of rotatable bonds is 3. The van der Waals surface area contributed by atoms with Gasteiger partial charge in [-0.15, -0.1) is 0 Å². The lowest BCUT2D eigenvalue weighted by Gasteiger charge is -2.09. The minimum absolute atomic E-state index is 0.0227. The van der Waals surface area contributed by atoms with Gasteiger partial charge >= 0.3 is 11.9 Å². The van der Waals surface area contributed by atoms with Crippen LogP contribution in [-0.4, -0.2) is 21.4 Å². The van der Waals surface area contributed by atoms with Crippen LogP contribution in [0, 0.1) is 0 Å². The number of anilines is 1. The summed E-state index contributed by atoms with van der Waals surface area (Å²) in [5, 5.41) is 9.10. The number of aromatic amines is 1. The summed E-state index contributed by atoms with van der Waals surface area (Å²) in [4.78, 5) is 14.3. The van der Waals surface area contributed by atoms with Crippen LogP contribution in [-0.2, 0) is 6.18 Å². The SMILES string of the molecule is O=c1nc(N/N=C/c2ccccc2C(F)(F)F)cn[nH]1. The van der Waals surface area contributed by atoms with Crippen molar-refractivity contribution in [3.8, 4) is 0 Å². The van der Waals surface area contributed by atoms with Crippen molar-refractivity contribution in [3.63, 3.8) is 0 Å². The Balaban J connectivity index is 2.18. The van der Waals surface area contributed by atoms with Crippen LogP contribution >= 0.6 is 0 Å². The van der Waals surface area contributed by atoms with Crippen molar-refractivity contribution >= 4 is 12.0 Å². The summed E-state index contributed by atoms with van der Waals surface area (Å²) in [5.41, 5.74) is 0.718. The summed E-state index contributed by atoms with van der Waals surface area (Å²) in [7, 11) is 0. The van der Waals surface area contributed by atoms with Gasteiger partial charge in [0.1, 0.15) is 0 Å². The number of hydrogen-bond donors (Lipinski definition) is 2. The molecule has 1 aromatic carbocycles. The van der Waals surface area contributed by atoms with Gasteiger partial charge in [-0.2, -0.15) is 28.4 Å². The molecule has 1 heterocycles. The highest BCUT2D eigenvalue weighted by Crippen LogP contribution is 2.31. The molecule has 2 N–H and O–H groups in total. The number of halogens is 3. The van der Waals surface area contributed by atoms with Crippen LogP contribution in [0.5, 0.6) is 0 Å². The molecule has 9 heteroatoms. The molecule has 0 aliphatic heterocycles. The Morgan fingerprint density at radius 3 is 2.75 bits per heavy atom. The first-order valence-corrected chi connectivity index (χ1v) is 5.34. The largest absolute Gasteiger partial charge is 0.417 e. The molecule has 0 aliphatic carbocycles. The van der Waals surface area contributed by atoms with Gasteiger partial charge < -0.3 is 0 Å². The van der Waals surface area contributed by atoms with Gasteiger partial charge in [-0.3, -0.25) is 5.43 Å². The maximum absolute atomic E-state index is 12.7. The van der Waals surface area contributed by atoms with Gasteiger partial charge in [0.25, 0.3) is 0 Å². The predicted molar refractivity (Wildman–Crippen MR) is 65.3 cm³/mol. The molecule has 0 radical (unpaired) electrons. The lowest BCUT2D eigenvalue weighted by Crippen LogP contribution is -2.13. The second-order valence-corrected chi connectivity index (χ2v) is 3.63. The fraction of sp³-hybridized carbons (Fsp3) is 0.0909. The number of nitrogens with one attached hydrogen (secondary N) is 2. The highest BCUT2D eigenvalue weighted by atomic mass is 19.4. The van der Waals surface area contributed by atoms with E-state index in [9.17, 15) is 18.0 Å². The summed E-state index contributed by atoms with van der Waals surface area (Å²) in [6, 6.07) is 4.98. The molecule has 0 atom stereocenters. The molecule has 0 amide bonds. The summed E-state index contributed by atoms with van der Waals surface area (Å²) in [5.74, 6) is 0.0227. The van der Waals surface area contributed by atoms with Gasteiger partial charge in [-0.1, -0.05) is 18.2 Å². The highest BCUT2D eigenvalue weighted by Gasteiger charge is 2.32. The molecule has 0 saturated heterocycles. The Morgan fingerprint density at radius 2 is 2.05 bits per heavy atom. The third-order valence-corrected chi connectivity index (χ3v) is 2.22. The molecule has 0 fully saturated rings. The summed E-state index contributed by atoms with van der Waals surface area (Å²) in [6.45, 7) is 0. The average Bonchev–Trinajstić information content (AvgIpc) is 2.38. The maximum atomic E-state index is 12.7. The third kappa shape index (κ3) is 3.40. The maximum Gasteiger partial charge on any atom is 0.417 e. The molecule has 2 rings (SSSR count). The van der Waals surface area contributed by atoms with Crippen LogP contribution in [0.25, 0.3) is 0 Å². The molecular formula is C11H8F3N5O. The van der Waals surface area contributed by atoms with Crippen LogP contribution in [0.1, 0.15) is 11.1 Å². The molecule has 2 aromatic rings. The molecule has 0 spiro atoms. The van der Waals surface area contributed by atoms with E-state index in [2.05, 4.69) is 25.7 Å². The van der Waals surface area contributed by atoms with E-state index in [0.29, 0.717) is 0 Å². The van der Waals surface area contributed by atoms with Gasteiger partial charge in [-0.25, -0.2) is 9.89 Å². The van der Waals surface area contributed by atoms with Crippen LogP contribution < -0.4 is 11.1 Å². The molecule has 1 aromatic heterocycles. The van der Waals surface area contributed by atoms with Crippen LogP contribution in [0.3, 0.4) is 0 Å².